The summed E-state index contributed by atoms with van der Waals surface area (Å²) in [5.41, 5.74) is 0.425. The molecular weight excluding hydrogens is 266 g/mol. The fourth-order valence-electron chi connectivity index (χ4n) is 3.26. The summed E-state index contributed by atoms with van der Waals surface area (Å²) in [6, 6.07) is 7.38. The molecule has 0 aliphatic carbocycles. The molecule has 3 rings (SSSR count). The highest BCUT2D eigenvalue weighted by atomic mass is 16.6. The van der Waals surface area contributed by atoms with Crippen LogP contribution in [0.1, 0.15) is 48.5 Å². The van der Waals surface area contributed by atoms with Crippen LogP contribution >= 0.6 is 0 Å². The number of cyclic esters (lactones) is 1. The first-order valence-electron chi connectivity index (χ1n) is 7.71. The Morgan fingerprint density at radius 2 is 1.81 bits per heavy atom. The minimum absolute atomic E-state index is 0.0488. The second kappa shape index (κ2) is 5.51. The number of ether oxygens (including phenoxy) is 1. The molecule has 1 aromatic carbocycles. The monoisotopic (exact) mass is 287 g/mol. The highest BCUT2D eigenvalue weighted by molar-refractivity contribution is 5.97. The van der Waals surface area contributed by atoms with Crippen molar-refractivity contribution in [1.29, 1.82) is 0 Å². The molecule has 1 fully saturated rings. The van der Waals surface area contributed by atoms with E-state index in [0.29, 0.717) is 12.0 Å². The molecule has 0 saturated carbocycles. The zero-order chi connectivity index (χ0) is 14.9. The molecule has 0 spiro atoms. The Labute approximate surface area is 125 Å². The van der Waals surface area contributed by atoms with Crippen LogP contribution in [-0.2, 0) is 16.0 Å². The topological polar surface area (TPSA) is 46.6 Å². The second-order valence-electron chi connectivity index (χ2n) is 6.16. The lowest BCUT2D eigenvalue weighted by Gasteiger charge is -2.36. The summed E-state index contributed by atoms with van der Waals surface area (Å²) in [7, 11) is 0. The summed E-state index contributed by atoms with van der Waals surface area (Å²) < 4.78 is 5.53. The zero-order valence-corrected chi connectivity index (χ0v) is 12.4. The molecule has 0 radical (unpaired) electrons. The van der Waals surface area contributed by atoms with Gasteiger partial charge in [0.15, 0.2) is 5.60 Å². The smallest absolute Gasteiger partial charge is 0.339 e. The number of rotatable bonds is 1. The van der Waals surface area contributed by atoms with Gasteiger partial charge in [0.2, 0.25) is 0 Å². The minimum atomic E-state index is -1.06. The third-order valence-electron chi connectivity index (χ3n) is 4.43. The Balaban J connectivity index is 1.84. The predicted octanol–water partition coefficient (Wildman–Crippen LogP) is 2.56. The van der Waals surface area contributed by atoms with Gasteiger partial charge in [-0.2, -0.15) is 0 Å². The van der Waals surface area contributed by atoms with E-state index in [9.17, 15) is 9.59 Å². The highest BCUT2D eigenvalue weighted by Crippen LogP contribution is 2.30. The van der Waals surface area contributed by atoms with E-state index in [0.717, 1.165) is 31.5 Å². The lowest BCUT2D eigenvalue weighted by Crippen LogP contribution is -2.53. The van der Waals surface area contributed by atoms with Gasteiger partial charge < -0.3 is 9.64 Å². The van der Waals surface area contributed by atoms with Crippen molar-refractivity contribution in [3.05, 3.63) is 35.4 Å². The number of hydrogen-bond acceptors (Lipinski definition) is 3. The molecular formula is C17H21NO3. The van der Waals surface area contributed by atoms with E-state index >= 15 is 0 Å². The molecule has 2 aliphatic heterocycles. The van der Waals surface area contributed by atoms with Crippen molar-refractivity contribution in [2.24, 2.45) is 0 Å². The molecule has 0 bridgehead atoms. The van der Waals surface area contributed by atoms with Gasteiger partial charge in [-0.3, -0.25) is 4.79 Å². The van der Waals surface area contributed by atoms with Gasteiger partial charge in [-0.1, -0.05) is 31.0 Å². The van der Waals surface area contributed by atoms with Crippen molar-refractivity contribution in [3.63, 3.8) is 0 Å². The number of hydrogen-bond donors (Lipinski definition) is 0. The van der Waals surface area contributed by atoms with Crippen LogP contribution in [0.25, 0.3) is 0 Å². The quantitative estimate of drug-likeness (QED) is 0.746. The maximum Gasteiger partial charge on any atom is 0.339 e. The number of carbonyl (C=O) groups excluding carboxylic acids is 2. The van der Waals surface area contributed by atoms with Crippen LogP contribution in [0, 0.1) is 0 Å². The average Bonchev–Trinajstić information content (AvgIpc) is 2.75. The standard InChI is InChI=1S/C17H21NO3/c1-17(16(20)18-10-6-2-3-7-11-18)12-13-8-4-5-9-14(13)15(19)21-17/h4-5,8-9H,2-3,6-7,10-12H2,1H3. The van der Waals surface area contributed by atoms with E-state index in [1.165, 1.54) is 12.8 Å². The zero-order valence-electron chi connectivity index (χ0n) is 12.4. The first-order chi connectivity index (χ1) is 10.1. The second-order valence-corrected chi connectivity index (χ2v) is 6.16. The van der Waals surface area contributed by atoms with Crippen molar-refractivity contribution in [1.82, 2.24) is 4.90 Å². The summed E-state index contributed by atoms with van der Waals surface area (Å²) in [6.45, 7) is 3.29. The molecule has 112 valence electrons. The summed E-state index contributed by atoms with van der Waals surface area (Å²) in [5, 5.41) is 0. The summed E-state index contributed by atoms with van der Waals surface area (Å²) in [4.78, 5) is 26.9. The molecule has 1 atom stereocenters. The minimum Gasteiger partial charge on any atom is -0.445 e. The van der Waals surface area contributed by atoms with Crippen molar-refractivity contribution < 1.29 is 14.3 Å². The third-order valence-corrected chi connectivity index (χ3v) is 4.43. The van der Waals surface area contributed by atoms with E-state index < -0.39 is 5.60 Å². The fourth-order valence-corrected chi connectivity index (χ4v) is 3.26. The summed E-state index contributed by atoms with van der Waals surface area (Å²) in [5.74, 6) is -0.435. The number of amides is 1. The number of carbonyl (C=O) groups is 2. The molecule has 1 aromatic rings. The molecule has 4 heteroatoms. The van der Waals surface area contributed by atoms with E-state index in [4.69, 9.17) is 4.74 Å². The van der Waals surface area contributed by atoms with E-state index in [1.807, 2.05) is 23.1 Å². The molecule has 0 aromatic heterocycles. The third kappa shape index (κ3) is 2.67. The number of likely N-dealkylation sites (tertiary alicyclic amines) is 1. The van der Waals surface area contributed by atoms with Crippen molar-refractivity contribution >= 4 is 11.9 Å². The maximum absolute atomic E-state index is 12.8. The summed E-state index contributed by atoms with van der Waals surface area (Å²) >= 11 is 0. The molecule has 4 nitrogen and oxygen atoms in total. The number of fused-ring (bicyclic) bond motifs is 1. The van der Waals surface area contributed by atoms with Crippen LogP contribution < -0.4 is 0 Å². The van der Waals surface area contributed by atoms with E-state index in [2.05, 4.69) is 0 Å². The van der Waals surface area contributed by atoms with Gasteiger partial charge in [-0.15, -0.1) is 0 Å². The van der Waals surface area contributed by atoms with E-state index in [-0.39, 0.29) is 11.9 Å². The number of benzene rings is 1. The lowest BCUT2D eigenvalue weighted by atomic mass is 9.89. The molecule has 2 aliphatic rings. The Morgan fingerprint density at radius 3 is 2.52 bits per heavy atom. The first kappa shape index (κ1) is 14.1. The molecule has 2 heterocycles. The van der Waals surface area contributed by atoms with Crippen LogP contribution in [0.3, 0.4) is 0 Å². The lowest BCUT2D eigenvalue weighted by molar-refractivity contribution is -0.151. The highest BCUT2D eigenvalue weighted by Gasteiger charge is 2.44. The molecule has 1 saturated heterocycles. The van der Waals surface area contributed by atoms with Crippen LogP contribution in [0.5, 0.6) is 0 Å². The molecule has 0 N–H and O–H groups in total. The largest absolute Gasteiger partial charge is 0.445 e. The van der Waals surface area contributed by atoms with Crippen LogP contribution in [0.15, 0.2) is 24.3 Å². The van der Waals surface area contributed by atoms with Gasteiger partial charge >= 0.3 is 5.97 Å². The SMILES string of the molecule is CC1(C(=O)N2CCCCCC2)Cc2ccccc2C(=O)O1. The van der Waals surface area contributed by atoms with Crippen LogP contribution in [-0.4, -0.2) is 35.5 Å². The Bertz CT molecular complexity index is 561. The van der Waals surface area contributed by atoms with E-state index in [1.54, 1.807) is 13.0 Å². The average molecular weight is 287 g/mol. The van der Waals surface area contributed by atoms with Crippen molar-refractivity contribution in [3.8, 4) is 0 Å². The van der Waals surface area contributed by atoms with Gasteiger partial charge in [0, 0.05) is 19.5 Å². The van der Waals surface area contributed by atoms with Gasteiger partial charge in [-0.05, 0) is 31.4 Å². The number of nitrogens with zero attached hydrogens (tertiary/aromatic N) is 1. The van der Waals surface area contributed by atoms with Gasteiger partial charge in [0.1, 0.15) is 0 Å². The van der Waals surface area contributed by atoms with Crippen molar-refractivity contribution in [2.45, 2.75) is 44.6 Å². The van der Waals surface area contributed by atoms with Gasteiger partial charge in [0.25, 0.3) is 5.91 Å². The number of esters is 1. The summed E-state index contributed by atoms with van der Waals surface area (Å²) in [6.07, 6.45) is 4.87. The molecule has 21 heavy (non-hydrogen) atoms. The Hall–Kier alpha value is -1.84. The van der Waals surface area contributed by atoms with Crippen LogP contribution in [0.4, 0.5) is 0 Å². The Morgan fingerprint density at radius 1 is 1.14 bits per heavy atom. The normalized spacial score (nSPS) is 25.8. The maximum atomic E-state index is 12.8. The molecule has 1 amide bonds. The fraction of sp³-hybridized carbons (Fsp3) is 0.529. The predicted molar refractivity (Wildman–Crippen MR) is 79.0 cm³/mol. The Kier molecular flexibility index (Phi) is 3.70. The van der Waals surface area contributed by atoms with Crippen molar-refractivity contribution in [2.75, 3.05) is 13.1 Å². The van der Waals surface area contributed by atoms with Gasteiger partial charge in [0.05, 0.1) is 5.56 Å². The molecule has 1 unspecified atom stereocenters. The van der Waals surface area contributed by atoms with Gasteiger partial charge in [-0.25, -0.2) is 4.79 Å². The first-order valence-corrected chi connectivity index (χ1v) is 7.71. The van der Waals surface area contributed by atoms with Crippen LogP contribution in [0.2, 0.25) is 0 Å².